The summed E-state index contributed by atoms with van der Waals surface area (Å²) in [5.74, 6) is -2.20. The summed E-state index contributed by atoms with van der Waals surface area (Å²) in [6.45, 7) is 6.57. The van der Waals surface area contributed by atoms with Gasteiger partial charge in [0, 0.05) is 24.0 Å². The van der Waals surface area contributed by atoms with E-state index < -0.39 is 65.9 Å². The predicted octanol–water partition coefficient (Wildman–Crippen LogP) is 4.21. The van der Waals surface area contributed by atoms with Gasteiger partial charge in [-0.05, 0) is 81.5 Å². The number of likely N-dealkylation sites (tertiary alicyclic amines) is 1. The minimum atomic E-state index is -1.39. The first-order valence-corrected chi connectivity index (χ1v) is 21.1. The Balaban J connectivity index is 1.33. The van der Waals surface area contributed by atoms with Crippen LogP contribution in [0, 0.1) is 11.8 Å². The number of pyridine rings is 1. The number of primary amides is 1. The van der Waals surface area contributed by atoms with Crippen molar-refractivity contribution >= 4 is 40.5 Å². The third kappa shape index (κ3) is 12.2. The van der Waals surface area contributed by atoms with Gasteiger partial charge in [0.05, 0.1) is 24.0 Å². The number of nitrogens with zero attached hydrogens (tertiary/aromatic N) is 2. The monoisotopic (exact) mass is 817 g/mol. The quantitative estimate of drug-likeness (QED) is 0.103. The fraction of sp³-hybridized carbons (Fsp3) is 0.447. The van der Waals surface area contributed by atoms with Gasteiger partial charge in [0.25, 0.3) is 5.91 Å². The molecule has 2 aliphatic rings. The van der Waals surface area contributed by atoms with E-state index in [1.54, 1.807) is 18.2 Å². The Morgan fingerprint density at radius 3 is 2.12 bits per heavy atom. The van der Waals surface area contributed by atoms with Gasteiger partial charge in [0.15, 0.2) is 0 Å². The maximum atomic E-state index is 14.4. The summed E-state index contributed by atoms with van der Waals surface area (Å²) in [5, 5.41) is 9.74. The number of hydrogen-bond donors (Lipinski definition) is 5. The van der Waals surface area contributed by atoms with E-state index in [0.29, 0.717) is 30.3 Å². The van der Waals surface area contributed by atoms with Gasteiger partial charge in [-0.1, -0.05) is 104 Å². The van der Waals surface area contributed by atoms with Crippen LogP contribution in [0.3, 0.4) is 0 Å². The molecule has 2 heterocycles. The lowest BCUT2D eigenvalue weighted by Crippen LogP contribution is -2.62. The van der Waals surface area contributed by atoms with Crippen LogP contribution in [0.2, 0.25) is 0 Å². The standard InChI is InChI=1S/C47H59N7O6/c1-47(2,3)53-45(58)40-26-33-19-10-11-20-34(33)28-54(40)29-41(60-46(59)35(48)24-30-14-6-4-7-15-30)38(25-31-16-8-5-9-17-31)51-44(57)39(27-42(49)55)52-43(56)37-23-22-32-18-12-13-21-36(32)50-37/h4-9,12-18,21-23,33-35,38-41H,10-11,19-20,24-29,48H2,1-3H3,(H2,49,55)(H,51,57)(H,52,56)(H,53,58)/t33-,34+,35-,38-,39-,40-,41+/m0/s1. The molecule has 1 aliphatic heterocycles. The Kier molecular flexibility index (Phi) is 14.7. The second-order valence-corrected chi connectivity index (χ2v) is 17.4. The minimum Gasteiger partial charge on any atom is -0.458 e. The summed E-state index contributed by atoms with van der Waals surface area (Å²) >= 11 is 0. The number of rotatable bonds is 16. The van der Waals surface area contributed by atoms with Crippen LogP contribution >= 0.6 is 0 Å². The normalized spacial score (nSPS) is 20.1. The van der Waals surface area contributed by atoms with E-state index >= 15 is 0 Å². The Labute approximate surface area is 352 Å². The highest BCUT2D eigenvalue weighted by Gasteiger charge is 2.43. The van der Waals surface area contributed by atoms with Crippen LogP contribution in [-0.2, 0) is 36.8 Å². The molecule has 0 bridgehead atoms. The molecule has 0 unspecified atom stereocenters. The number of piperidine rings is 1. The first-order chi connectivity index (χ1) is 28.7. The second kappa shape index (κ2) is 20.1. The minimum absolute atomic E-state index is 0.0571. The van der Waals surface area contributed by atoms with Crippen molar-refractivity contribution in [1.82, 2.24) is 25.8 Å². The zero-order chi connectivity index (χ0) is 42.8. The number of carbonyl (C=O) groups is 5. The number of benzene rings is 3. The SMILES string of the molecule is CC(C)(C)NC(=O)[C@@H]1C[C@@H]2CCCC[C@@H]2CN1C[C@@H](OC(=O)[C@@H](N)Cc1ccccc1)[C@H](Cc1ccccc1)NC(=O)[C@H](CC(N)=O)NC(=O)c1ccc2ccccc2n1. The summed E-state index contributed by atoms with van der Waals surface area (Å²) in [6, 6.07) is 25.6. The maximum Gasteiger partial charge on any atom is 0.323 e. The van der Waals surface area contributed by atoms with Crippen molar-refractivity contribution < 1.29 is 28.7 Å². The molecule has 1 aliphatic carbocycles. The molecule has 1 aromatic heterocycles. The van der Waals surface area contributed by atoms with E-state index in [9.17, 15) is 24.0 Å². The molecular formula is C47H59N7O6. The van der Waals surface area contributed by atoms with Crippen molar-refractivity contribution in [2.24, 2.45) is 23.3 Å². The molecule has 13 heteroatoms. The number of esters is 1. The van der Waals surface area contributed by atoms with Crippen LogP contribution in [-0.4, -0.2) is 88.4 Å². The van der Waals surface area contributed by atoms with Gasteiger partial charge >= 0.3 is 5.97 Å². The van der Waals surface area contributed by atoms with Crippen LogP contribution in [0.1, 0.15) is 80.9 Å². The van der Waals surface area contributed by atoms with Crippen LogP contribution in [0.15, 0.2) is 97.1 Å². The number of nitrogens with two attached hydrogens (primary N) is 2. The first kappa shape index (κ1) is 43.9. The first-order valence-electron chi connectivity index (χ1n) is 21.1. The molecule has 60 heavy (non-hydrogen) atoms. The van der Waals surface area contributed by atoms with E-state index in [1.165, 1.54) is 0 Å². The third-order valence-corrected chi connectivity index (χ3v) is 11.5. The van der Waals surface area contributed by atoms with Crippen LogP contribution in [0.4, 0.5) is 0 Å². The van der Waals surface area contributed by atoms with Gasteiger partial charge in [0.2, 0.25) is 17.7 Å². The fourth-order valence-electron chi connectivity index (χ4n) is 8.55. The van der Waals surface area contributed by atoms with Gasteiger partial charge < -0.3 is 32.2 Å². The number of para-hydroxylation sites is 1. The highest BCUT2D eigenvalue weighted by molar-refractivity contribution is 5.99. The lowest BCUT2D eigenvalue weighted by atomic mass is 9.72. The smallest absolute Gasteiger partial charge is 0.323 e. The number of aromatic nitrogens is 1. The third-order valence-electron chi connectivity index (χ3n) is 11.5. The predicted molar refractivity (Wildman–Crippen MR) is 230 cm³/mol. The van der Waals surface area contributed by atoms with Crippen molar-refractivity contribution in [3.8, 4) is 0 Å². The lowest BCUT2D eigenvalue weighted by molar-refractivity contribution is -0.156. The summed E-state index contributed by atoms with van der Waals surface area (Å²) < 4.78 is 6.40. The number of hydrogen-bond acceptors (Lipinski definition) is 9. The molecule has 3 aromatic carbocycles. The summed E-state index contributed by atoms with van der Waals surface area (Å²) in [6.07, 6.45) is 3.90. The molecule has 13 nitrogen and oxygen atoms in total. The van der Waals surface area contributed by atoms with E-state index in [2.05, 4.69) is 25.8 Å². The summed E-state index contributed by atoms with van der Waals surface area (Å²) in [5.41, 5.74) is 14.0. The van der Waals surface area contributed by atoms with E-state index in [1.807, 2.05) is 99.6 Å². The molecule has 2 fully saturated rings. The van der Waals surface area contributed by atoms with Crippen LogP contribution in [0.5, 0.6) is 0 Å². The lowest BCUT2D eigenvalue weighted by Gasteiger charge is -2.47. The summed E-state index contributed by atoms with van der Waals surface area (Å²) in [7, 11) is 0. The Hall–Kier alpha value is -5.66. The Morgan fingerprint density at radius 2 is 1.45 bits per heavy atom. The van der Waals surface area contributed by atoms with Crippen molar-refractivity contribution in [1.29, 1.82) is 0 Å². The molecule has 4 aromatic rings. The molecule has 4 amide bonds. The van der Waals surface area contributed by atoms with Crippen molar-refractivity contribution in [2.75, 3.05) is 13.1 Å². The number of fused-ring (bicyclic) bond motifs is 2. The molecule has 0 spiro atoms. The van der Waals surface area contributed by atoms with E-state index in [0.717, 1.165) is 42.2 Å². The van der Waals surface area contributed by atoms with Gasteiger partial charge in [-0.15, -0.1) is 0 Å². The van der Waals surface area contributed by atoms with Gasteiger partial charge in [-0.3, -0.25) is 28.9 Å². The molecular weight excluding hydrogens is 759 g/mol. The zero-order valence-electron chi connectivity index (χ0n) is 34.8. The zero-order valence-corrected chi connectivity index (χ0v) is 34.8. The van der Waals surface area contributed by atoms with E-state index in [-0.39, 0.29) is 31.0 Å². The van der Waals surface area contributed by atoms with Crippen molar-refractivity contribution in [3.05, 3.63) is 114 Å². The van der Waals surface area contributed by atoms with Crippen LogP contribution in [0.25, 0.3) is 10.9 Å². The van der Waals surface area contributed by atoms with Crippen molar-refractivity contribution in [2.45, 2.75) is 108 Å². The Bertz CT molecular complexity index is 2110. The number of ether oxygens (including phenoxy) is 1. The summed E-state index contributed by atoms with van der Waals surface area (Å²) in [4.78, 5) is 75.2. The second-order valence-electron chi connectivity index (χ2n) is 17.4. The molecule has 318 valence electrons. The number of amides is 4. The largest absolute Gasteiger partial charge is 0.458 e. The molecule has 1 saturated carbocycles. The molecule has 1 saturated heterocycles. The van der Waals surface area contributed by atoms with Gasteiger partial charge in [0.1, 0.15) is 23.9 Å². The highest BCUT2D eigenvalue weighted by atomic mass is 16.5. The molecule has 0 radical (unpaired) electrons. The average molecular weight is 818 g/mol. The molecule has 6 rings (SSSR count). The average Bonchev–Trinajstić information content (AvgIpc) is 3.22. The van der Waals surface area contributed by atoms with Gasteiger partial charge in [-0.2, -0.15) is 0 Å². The van der Waals surface area contributed by atoms with Crippen molar-refractivity contribution in [3.63, 3.8) is 0 Å². The highest BCUT2D eigenvalue weighted by Crippen LogP contribution is 2.39. The molecule has 7 N–H and O–H groups in total. The fourth-order valence-corrected chi connectivity index (χ4v) is 8.55. The Morgan fingerprint density at radius 1 is 0.817 bits per heavy atom. The molecule has 7 atom stereocenters. The number of nitrogens with one attached hydrogen (secondary N) is 3. The topological polar surface area (TPSA) is 199 Å². The van der Waals surface area contributed by atoms with Crippen LogP contribution < -0.4 is 27.4 Å². The number of carbonyl (C=O) groups excluding carboxylic acids is 5. The maximum absolute atomic E-state index is 14.4. The van der Waals surface area contributed by atoms with Gasteiger partial charge in [-0.25, -0.2) is 4.98 Å². The van der Waals surface area contributed by atoms with E-state index in [4.69, 9.17) is 16.2 Å².